The molecule has 0 nitrogen and oxygen atoms in total. The van der Waals surface area contributed by atoms with Gasteiger partial charge in [-0.05, 0) is 59.5 Å². The molecular formula is C13H19I. The first-order valence-corrected chi connectivity index (χ1v) is 6.57. The summed E-state index contributed by atoms with van der Waals surface area (Å²) in [6.07, 6.45) is 6.67. The van der Waals surface area contributed by atoms with Crippen LogP contribution >= 0.6 is 22.6 Å². The fraction of sp³-hybridized carbons (Fsp3) is 0.538. The highest BCUT2D eigenvalue weighted by atomic mass is 127. The van der Waals surface area contributed by atoms with E-state index in [1.54, 1.807) is 0 Å². The van der Waals surface area contributed by atoms with E-state index in [0.29, 0.717) is 0 Å². The molecule has 1 aromatic rings. The van der Waals surface area contributed by atoms with Crippen LogP contribution in [0.25, 0.3) is 0 Å². The molecule has 0 saturated carbocycles. The largest absolute Gasteiger partial charge is 0.0654 e. The minimum atomic E-state index is 1.25. The lowest BCUT2D eigenvalue weighted by Gasteiger charge is -2.04. The Bertz CT molecular complexity index is 279. The number of hydrogen-bond acceptors (Lipinski definition) is 0. The van der Waals surface area contributed by atoms with E-state index in [9.17, 15) is 0 Å². The maximum atomic E-state index is 2.39. The molecule has 1 heteroatoms. The van der Waals surface area contributed by atoms with E-state index in [1.807, 2.05) is 0 Å². The molecule has 0 bridgehead atoms. The topological polar surface area (TPSA) is 0 Å². The van der Waals surface area contributed by atoms with Crippen LogP contribution in [0.4, 0.5) is 0 Å². The van der Waals surface area contributed by atoms with Gasteiger partial charge in [0.15, 0.2) is 0 Å². The first-order valence-electron chi connectivity index (χ1n) is 5.49. The molecule has 1 rings (SSSR count). The van der Waals surface area contributed by atoms with Gasteiger partial charge in [0.1, 0.15) is 0 Å². The van der Waals surface area contributed by atoms with Crippen LogP contribution in [0.2, 0.25) is 0 Å². The molecule has 0 N–H and O–H groups in total. The van der Waals surface area contributed by atoms with Gasteiger partial charge in [-0.2, -0.15) is 0 Å². The zero-order valence-corrected chi connectivity index (χ0v) is 11.3. The molecule has 0 amide bonds. The van der Waals surface area contributed by atoms with Crippen LogP contribution < -0.4 is 0 Å². The summed E-state index contributed by atoms with van der Waals surface area (Å²) in [7, 11) is 0. The molecule has 0 aliphatic carbocycles. The van der Waals surface area contributed by atoms with Crippen molar-refractivity contribution in [3.63, 3.8) is 0 Å². The van der Waals surface area contributed by atoms with Gasteiger partial charge in [0.25, 0.3) is 0 Å². The van der Waals surface area contributed by atoms with E-state index < -0.39 is 0 Å². The van der Waals surface area contributed by atoms with Crippen molar-refractivity contribution in [2.45, 2.75) is 46.0 Å². The van der Waals surface area contributed by atoms with Gasteiger partial charge in [-0.3, -0.25) is 0 Å². The van der Waals surface area contributed by atoms with Crippen molar-refractivity contribution in [1.29, 1.82) is 0 Å². The summed E-state index contributed by atoms with van der Waals surface area (Å²) >= 11 is 2.39. The van der Waals surface area contributed by atoms with Crippen LogP contribution in [0.15, 0.2) is 18.2 Å². The average molecular weight is 302 g/mol. The Morgan fingerprint density at radius 3 is 2.57 bits per heavy atom. The second-order valence-electron chi connectivity index (χ2n) is 3.89. The van der Waals surface area contributed by atoms with E-state index >= 15 is 0 Å². The standard InChI is InChI=1S/C13H19I/c1-3-4-5-6-7-12-8-9-13(14)11(2)10-12/h8-10H,3-7H2,1-2H3. The van der Waals surface area contributed by atoms with Gasteiger partial charge < -0.3 is 0 Å². The Morgan fingerprint density at radius 1 is 1.14 bits per heavy atom. The van der Waals surface area contributed by atoms with Crippen molar-refractivity contribution in [3.05, 3.63) is 32.9 Å². The van der Waals surface area contributed by atoms with Gasteiger partial charge in [0.2, 0.25) is 0 Å². The highest BCUT2D eigenvalue weighted by Crippen LogP contribution is 2.15. The lowest BCUT2D eigenvalue weighted by atomic mass is 10.0. The summed E-state index contributed by atoms with van der Waals surface area (Å²) in [5.41, 5.74) is 2.91. The van der Waals surface area contributed by atoms with E-state index in [0.717, 1.165) is 0 Å². The maximum absolute atomic E-state index is 2.39. The third-order valence-electron chi connectivity index (χ3n) is 2.54. The molecule has 14 heavy (non-hydrogen) atoms. The third kappa shape index (κ3) is 3.99. The second-order valence-corrected chi connectivity index (χ2v) is 5.06. The molecule has 0 heterocycles. The van der Waals surface area contributed by atoms with Gasteiger partial charge in [0, 0.05) is 3.57 Å². The van der Waals surface area contributed by atoms with Crippen LogP contribution in [0, 0.1) is 10.5 Å². The van der Waals surface area contributed by atoms with E-state index in [-0.39, 0.29) is 0 Å². The number of aryl methyl sites for hydroxylation is 2. The Balaban J connectivity index is 2.39. The fourth-order valence-corrected chi connectivity index (χ4v) is 1.95. The molecule has 1 aromatic carbocycles. The third-order valence-corrected chi connectivity index (χ3v) is 3.75. The molecule has 0 unspecified atom stereocenters. The summed E-state index contributed by atoms with van der Waals surface area (Å²) in [5, 5.41) is 0. The Labute approximate surface area is 101 Å². The molecule has 0 saturated heterocycles. The molecule has 0 aliphatic heterocycles. The highest BCUT2D eigenvalue weighted by Gasteiger charge is 1.97. The lowest BCUT2D eigenvalue weighted by Crippen LogP contribution is -1.88. The first kappa shape index (κ1) is 12.0. The van der Waals surface area contributed by atoms with Crippen LogP contribution in [0.3, 0.4) is 0 Å². The predicted molar refractivity (Wildman–Crippen MR) is 71.7 cm³/mol. The van der Waals surface area contributed by atoms with Crippen molar-refractivity contribution in [2.75, 3.05) is 0 Å². The molecule has 0 fully saturated rings. The van der Waals surface area contributed by atoms with Gasteiger partial charge in [-0.1, -0.05) is 38.3 Å². The van der Waals surface area contributed by atoms with Gasteiger partial charge in [0.05, 0.1) is 0 Å². The SMILES string of the molecule is CCCCCCc1ccc(I)c(C)c1. The Hall–Kier alpha value is -0.0500. The lowest BCUT2D eigenvalue weighted by molar-refractivity contribution is 0.666. The molecule has 0 aliphatic rings. The van der Waals surface area contributed by atoms with E-state index in [1.165, 1.54) is 46.8 Å². The van der Waals surface area contributed by atoms with Gasteiger partial charge in [-0.15, -0.1) is 0 Å². The monoisotopic (exact) mass is 302 g/mol. The summed E-state index contributed by atoms with van der Waals surface area (Å²) in [4.78, 5) is 0. The summed E-state index contributed by atoms with van der Waals surface area (Å²) < 4.78 is 1.37. The van der Waals surface area contributed by atoms with E-state index in [2.05, 4.69) is 54.6 Å². The summed E-state index contributed by atoms with van der Waals surface area (Å²) in [6, 6.07) is 6.82. The molecular weight excluding hydrogens is 283 g/mol. The number of hydrogen-bond donors (Lipinski definition) is 0. The van der Waals surface area contributed by atoms with Gasteiger partial charge >= 0.3 is 0 Å². The molecule has 0 spiro atoms. The number of rotatable bonds is 5. The normalized spacial score (nSPS) is 10.5. The van der Waals surface area contributed by atoms with Crippen molar-refractivity contribution < 1.29 is 0 Å². The minimum Gasteiger partial charge on any atom is -0.0654 e. The van der Waals surface area contributed by atoms with Crippen LogP contribution in [-0.2, 0) is 6.42 Å². The smallest absolute Gasteiger partial charge is 0.0159 e. The Morgan fingerprint density at radius 2 is 1.93 bits per heavy atom. The summed E-state index contributed by atoms with van der Waals surface area (Å²) in [6.45, 7) is 4.45. The molecule has 0 atom stereocenters. The number of unbranched alkanes of at least 4 members (excludes halogenated alkanes) is 3. The maximum Gasteiger partial charge on any atom is 0.0159 e. The fourth-order valence-electron chi connectivity index (χ4n) is 1.62. The number of benzene rings is 1. The molecule has 0 aromatic heterocycles. The van der Waals surface area contributed by atoms with Crippen LogP contribution in [0.1, 0.15) is 43.7 Å². The van der Waals surface area contributed by atoms with Crippen LogP contribution in [-0.4, -0.2) is 0 Å². The Kier molecular flexibility index (Phi) is 5.53. The van der Waals surface area contributed by atoms with Crippen LogP contribution in [0.5, 0.6) is 0 Å². The number of halogens is 1. The van der Waals surface area contributed by atoms with Crippen molar-refractivity contribution >= 4 is 22.6 Å². The predicted octanol–water partition coefficient (Wildman–Crippen LogP) is 4.72. The van der Waals surface area contributed by atoms with Crippen molar-refractivity contribution in [1.82, 2.24) is 0 Å². The van der Waals surface area contributed by atoms with E-state index in [4.69, 9.17) is 0 Å². The van der Waals surface area contributed by atoms with Crippen molar-refractivity contribution in [2.24, 2.45) is 0 Å². The average Bonchev–Trinajstić information content (AvgIpc) is 2.18. The summed E-state index contributed by atoms with van der Waals surface area (Å²) in [5.74, 6) is 0. The zero-order chi connectivity index (χ0) is 10.4. The zero-order valence-electron chi connectivity index (χ0n) is 9.15. The molecule has 78 valence electrons. The first-order chi connectivity index (χ1) is 6.74. The highest BCUT2D eigenvalue weighted by molar-refractivity contribution is 14.1. The second kappa shape index (κ2) is 6.44. The minimum absolute atomic E-state index is 1.25. The quantitative estimate of drug-likeness (QED) is 0.545. The molecule has 0 radical (unpaired) electrons. The van der Waals surface area contributed by atoms with Gasteiger partial charge in [-0.25, -0.2) is 0 Å². The van der Waals surface area contributed by atoms with Crippen molar-refractivity contribution in [3.8, 4) is 0 Å².